The largest absolute Gasteiger partial charge is 0.497 e. The number of methoxy groups -OCH3 is 4. The molecule has 2 saturated carbocycles. The summed E-state index contributed by atoms with van der Waals surface area (Å²) in [5, 5.41) is 7.32. The first-order valence-electron chi connectivity index (χ1n) is 30.0. The Balaban J connectivity index is 1.24. The second kappa shape index (κ2) is 26.1. The van der Waals surface area contributed by atoms with E-state index in [-0.39, 0.29) is 23.9 Å². The number of amides is 2. The first kappa shape index (κ1) is 57.0. The van der Waals surface area contributed by atoms with Gasteiger partial charge < -0.3 is 29.6 Å². The molecule has 84 heavy (non-hydrogen) atoms. The highest BCUT2D eigenvalue weighted by molar-refractivity contribution is 6.21. The molecule has 2 atom stereocenters. The molecule has 8 heteroatoms. The van der Waals surface area contributed by atoms with Gasteiger partial charge in [-0.2, -0.15) is 0 Å². The average molecular weight is 1110 g/mol. The number of carbonyl (C=O) groups is 2. The molecule has 2 aliphatic rings. The fourth-order valence-electron chi connectivity index (χ4n) is 12.9. The van der Waals surface area contributed by atoms with Crippen LogP contribution in [0, 0.1) is 11.8 Å². The monoisotopic (exact) mass is 1110 g/mol. The lowest BCUT2D eigenvalue weighted by atomic mass is 9.76. The smallest absolute Gasteiger partial charge is 0.252 e. The van der Waals surface area contributed by atoms with Crippen LogP contribution in [0.3, 0.4) is 0 Å². The van der Waals surface area contributed by atoms with Crippen LogP contribution < -0.4 is 29.6 Å². The van der Waals surface area contributed by atoms with Crippen LogP contribution in [0.4, 0.5) is 0 Å². The lowest BCUT2D eigenvalue weighted by molar-refractivity contribution is 0.0909. The van der Waals surface area contributed by atoms with Crippen molar-refractivity contribution in [3.8, 4) is 112 Å². The zero-order valence-electron chi connectivity index (χ0n) is 49.3. The topological polar surface area (TPSA) is 95.1 Å². The zero-order valence-corrected chi connectivity index (χ0v) is 49.3. The van der Waals surface area contributed by atoms with Gasteiger partial charge in [0.1, 0.15) is 23.0 Å². The third-order valence-corrected chi connectivity index (χ3v) is 17.8. The van der Waals surface area contributed by atoms with Crippen molar-refractivity contribution >= 4 is 11.8 Å². The van der Waals surface area contributed by atoms with Crippen molar-refractivity contribution in [3.63, 3.8) is 0 Å². The molecule has 2 aliphatic carbocycles. The third kappa shape index (κ3) is 12.4. The summed E-state index contributed by atoms with van der Waals surface area (Å²) in [4.78, 5) is 33.1. The molecule has 0 spiro atoms. The maximum Gasteiger partial charge on any atom is 0.252 e. The Morgan fingerprint density at radius 3 is 0.667 bits per heavy atom. The number of hydrogen-bond donors (Lipinski definition) is 2. The second-order valence-electron chi connectivity index (χ2n) is 22.8. The lowest BCUT2D eigenvalue weighted by Gasteiger charge is -2.32. The van der Waals surface area contributed by atoms with E-state index in [9.17, 15) is 0 Å². The molecule has 0 saturated heterocycles. The Morgan fingerprint density at radius 2 is 0.476 bits per heavy atom. The van der Waals surface area contributed by atoms with Gasteiger partial charge in [0.2, 0.25) is 0 Å². The van der Waals surface area contributed by atoms with Gasteiger partial charge in [-0.05, 0) is 167 Å². The molecule has 9 aromatic rings. The van der Waals surface area contributed by atoms with Crippen LogP contribution in [-0.2, 0) is 0 Å². The van der Waals surface area contributed by atoms with Crippen molar-refractivity contribution in [2.45, 2.75) is 90.1 Å². The maximum absolute atomic E-state index is 16.5. The van der Waals surface area contributed by atoms with Gasteiger partial charge in [-0.15, -0.1) is 0 Å². The number of carbonyl (C=O) groups excluding carboxylic acids is 2. The van der Waals surface area contributed by atoms with E-state index in [1.54, 1.807) is 28.4 Å². The molecule has 2 N–H and O–H groups in total. The van der Waals surface area contributed by atoms with Crippen molar-refractivity contribution in [1.29, 1.82) is 0 Å². The zero-order chi connectivity index (χ0) is 58.1. The molecular formula is C76H76N2O6. The van der Waals surface area contributed by atoms with E-state index in [4.69, 9.17) is 18.9 Å². The minimum Gasteiger partial charge on any atom is -0.497 e. The fraction of sp³-hybridized carbons (Fsp3) is 0.263. The highest BCUT2D eigenvalue weighted by Crippen LogP contribution is 2.51. The van der Waals surface area contributed by atoms with E-state index in [1.165, 1.54) is 12.8 Å². The first-order chi connectivity index (χ1) is 41.1. The third-order valence-electron chi connectivity index (χ3n) is 17.8. The number of nitrogens with one attached hydrogen (secondary N) is 2. The molecule has 426 valence electrons. The first-order valence-corrected chi connectivity index (χ1v) is 30.0. The standard InChI is InChI=1S/C76H76N2O6/c1-49(51-13-9-7-10-14-51)77-75(79)73-69(61-25-17-53(18-26-61)57-33-41-65(81-3)42-34-57)71(63-29-21-55(22-30-63)59-37-45-67(83-5)46-38-59)74(76(80)78-50(2)52-15-11-8-12-16-52)72(64-31-23-56(24-32-64)60-39-47-68(84-6)48-40-60)70(73)62-27-19-54(20-28-62)58-35-43-66(82-4)44-36-58/h17-52H,7-16H2,1-6H3,(H,77,79)(H,78,80)/t49-,50-/m1/s1. The Bertz CT molecular complexity index is 3220. The number of rotatable bonds is 18. The minimum absolute atomic E-state index is 0.118. The molecule has 11 rings (SSSR count). The van der Waals surface area contributed by atoms with E-state index < -0.39 is 0 Å². The van der Waals surface area contributed by atoms with E-state index in [2.05, 4.69) is 170 Å². The summed E-state index contributed by atoms with van der Waals surface area (Å²) in [7, 11) is 6.70. The van der Waals surface area contributed by atoms with Gasteiger partial charge in [0.05, 0.1) is 39.6 Å². The fourth-order valence-corrected chi connectivity index (χ4v) is 12.9. The van der Waals surface area contributed by atoms with Gasteiger partial charge in [0.25, 0.3) is 11.8 Å². The van der Waals surface area contributed by atoms with Crippen LogP contribution in [0.15, 0.2) is 194 Å². The van der Waals surface area contributed by atoms with Crippen LogP contribution >= 0.6 is 0 Å². The van der Waals surface area contributed by atoms with Crippen LogP contribution in [0.25, 0.3) is 89.0 Å². The Kier molecular flexibility index (Phi) is 17.7. The van der Waals surface area contributed by atoms with E-state index >= 15 is 9.59 Å². The predicted octanol–water partition coefficient (Wildman–Crippen LogP) is 18.5. The lowest BCUT2D eigenvalue weighted by Crippen LogP contribution is -2.40. The molecule has 0 heterocycles. The summed E-state index contributed by atoms with van der Waals surface area (Å²) >= 11 is 0. The van der Waals surface area contributed by atoms with Crippen LogP contribution in [0.1, 0.15) is 98.8 Å². The molecule has 0 radical (unpaired) electrons. The summed E-state index contributed by atoms with van der Waals surface area (Å²) in [6.07, 6.45) is 11.2. The maximum atomic E-state index is 16.5. The molecule has 0 aromatic heterocycles. The Morgan fingerprint density at radius 1 is 0.298 bits per heavy atom. The van der Waals surface area contributed by atoms with Crippen LogP contribution in [-0.4, -0.2) is 52.3 Å². The summed E-state index contributed by atoms with van der Waals surface area (Å²) in [6, 6.07) is 66.0. The van der Waals surface area contributed by atoms with Crippen LogP contribution in [0.2, 0.25) is 0 Å². The second-order valence-corrected chi connectivity index (χ2v) is 22.8. The van der Waals surface area contributed by atoms with E-state index in [0.717, 1.165) is 141 Å². The van der Waals surface area contributed by atoms with E-state index in [0.29, 0.717) is 45.2 Å². The summed E-state index contributed by atoms with van der Waals surface area (Å²) in [5.74, 6) is 3.38. The van der Waals surface area contributed by atoms with E-state index in [1.807, 2.05) is 48.5 Å². The molecule has 0 bridgehead atoms. The molecule has 9 aromatic carbocycles. The number of hydrogen-bond acceptors (Lipinski definition) is 6. The summed E-state index contributed by atoms with van der Waals surface area (Å²) < 4.78 is 22.2. The van der Waals surface area contributed by atoms with Gasteiger partial charge >= 0.3 is 0 Å². The minimum atomic E-state index is -0.189. The molecule has 8 nitrogen and oxygen atoms in total. The Hall–Kier alpha value is -8.88. The normalized spacial score (nSPS) is 14.5. The van der Waals surface area contributed by atoms with Gasteiger partial charge in [-0.3, -0.25) is 9.59 Å². The highest BCUT2D eigenvalue weighted by atomic mass is 16.5. The number of benzene rings is 9. The van der Waals surface area contributed by atoms with Gasteiger partial charge in [0.15, 0.2) is 0 Å². The number of ether oxygens (including phenoxy) is 4. The van der Waals surface area contributed by atoms with Crippen molar-refractivity contribution in [3.05, 3.63) is 205 Å². The van der Waals surface area contributed by atoms with Crippen molar-refractivity contribution in [1.82, 2.24) is 10.6 Å². The molecule has 2 fully saturated rings. The van der Waals surface area contributed by atoms with Crippen molar-refractivity contribution in [2.75, 3.05) is 28.4 Å². The van der Waals surface area contributed by atoms with Gasteiger partial charge in [-0.1, -0.05) is 184 Å². The van der Waals surface area contributed by atoms with Gasteiger partial charge in [0, 0.05) is 34.3 Å². The quantitative estimate of drug-likeness (QED) is 0.0889. The summed E-state index contributed by atoms with van der Waals surface area (Å²) in [6.45, 7) is 4.35. The molecule has 0 unspecified atom stereocenters. The van der Waals surface area contributed by atoms with Gasteiger partial charge in [-0.25, -0.2) is 0 Å². The van der Waals surface area contributed by atoms with Crippen molar-refractivity contribution < 1.29 is 28.5 Å². The highest BCUT2D eigenvalue weighted by Gasteiger charge is 2.36. The molecule has 0 aliphatic heterocycles. The SMILES string of the molecule is COc1ccc(-c2ccc(-c3c(C(=O)N[C@H](C)C4CCCCC4)c(-c4ccc(-c5ccc(OC)cc5)cc4)c(-c4ccc(-c5ccc(OC)cc5)cc4)c(C(=O)N[C@H](C)C4CCCCC4)c3-c3ccc(-c4ccc(OC)cc4)cc3)cc2)cc1. The summed E-state index contributed by atoms with van der Waals surface area (Å²) in [5.41, 5.74) is 15.1. The molecule has 2 amide bonds. The van der Waals surface area contributed by atoms with Crippen LogP contribution in [0.5, 0.6) is 23.0 Å². The Labute approximate surface area is 496 Å². The predicted molar refractivity (Wildman–Crippen MR) is 343 cm³/mol. The van der Waals surface area contributed by atoms with Crippen molar-refractivity contribution in [2.24, 2.45) is 11.8 Å². The molecular weight excluding hydrogens is 1040 g/mol. The average Bonchev–Trinajstić information content (AvgIpc) is 1.26.